The molecule has 7 nitrogen and oxygen atoms in total. The third-order valence-electron chi connectivity index (χ3n) is 5.62. The molecule has 3 N–H and O–H groups in total. The highest BCUT2D eigenvalue weighted by molar-refractivity contribution is 6.30. The van der Waals surface area contributed by atoms with Crippen LogP contribution in [0.1, 0.15) is 31.7 Å². The van der Waals surface area contributed by atoms with E-state index in [-0.39, 0.29) is 11.8 Å². The average molecular weight is 395 g/mol. The van der Waals surface area contributed by atoms with Gasteiger partial charge in [0.2, 0.25) is 5.91 Å². The molecule has 2 amide bonds. The Bertz CT molecular complexity index is 768. The van der Waals surface area contributed by atoms with Gasteiger partial charge in [-0.15, -0.1) is 0 Å². The Hall–Kier alpha value is -2.28. The smallest absolute Gasteiger partial charge is 0.307 e. The van der Waals surface area contributed by atoms with Crippen molar-refractivity contribution in [2.45, 2.75) is 39.2 Å². The van der Waals surface area contributed by atoms with Gasteiger partial charge in [0.05, 0.1) is 11.8 Å². The van der Waals surface area contributed by atoms with Gasteiger partial charge in [-0.3, -0.25) is 25.2 Å². The monoisotopic (exact) mass is 394 g/mol. The van der Waals surface area contributed by atoms with Crippen LogP contribution in [0, 0.1) is 30.6 Å². The second-order valence-electron chi connectivity index (χ2n) is 7.37. The fourth-order valence-corrected chi connectivity index (χ4v) is 4.55. The van der Waals surface area contributed by atoms with Gasteiger partial charge in [0.1, 0.15) is 5.75 Å². The highest BCUT2D eigenvalue weighted by Gasteiger charge is 2.54. The van der Waals surface area contributed by atoms with E-state index in [4.69, 9.17) is 16.3 Å². The number of carboxylic acids is 1. The van der Waals surface area contributed by atoms with Crippen LogP contribution in [0.15, 0.2) is 18.2 Å². The van der Waals surface area contributed by atoms with Gasteiger partial charge in [0.25, 0.3) is 5.91 Å². The van der Waals surface area contributed by atoms with Gasteiger partial charge in [0, 0.05) is 5.02 Å². The lowest BCUT2D eigenvalue weighted by Crippen LogP contribution is -2.51. The maximum atomic E-state index is 12.5. The molecule has 0 radical (unpaired) electrons. The Morgan fingerprint density at radius 1 is 1.19 bits per heavy atom. The SMILES string of the molecule is Cc1cc(Cl)ccc1O[C@@H](C)C(=O)NNC(=O)[C@@H]1[C@H]2CC[C@@H](C2)[C@@H]1C(=O)O. The summed E-state index contributed by atoms with van der Waals surface area (Å²) < 4.78 is 5.61. The lowest BCUT2D eigenvalue weighted by atomic mass is 9.79. The molecule has 0 unspecified atom stereocenters. The van der Waals surface area contributed by atoms with Gasteiger partial charge in [-0.05, 0) is 68.7 Å². The van der Waals surface area contributed by atoms with Crippen molar-refractivity contribution in [2.75, 3.05) is 0 Å². The number of carboxylic acid groups (broad SMARTS) is 1. The molecule has 1 aromatic rings. The summed E-state index contributed by atoms with van der Waals surface area (Å²) in [6.07, 6.45) is 1.62. The number of carbonyl (C=O) groups excluding carboxylic acids is 2. The van der Waals surface area contributed by atoms with Crippen molar-refractivity contribution in [3.8, 4) is 5.75 Å². The summed E-state index contributed by atoms with van der Waals surface area (Å²) in [7, 11) is 0. The lowest BCUT2D eigenvalue weighted by Gasteiger charge is -2.27. The number of ether oxygens (including phenoxy) is 1. The number of halogens is 1. The van der Waals surface area contributed by atoms with Crippen molar-refractivity contribution in [3.63, 3.8) is 0 Å². The number of hydrogen-bond donors (Lipinski definition) is 3. The summed E-state index contributed by atoms with van der Waals surface area (Å²) in [4.78, 5) is 36.2. The normalized spacial score (nSPS) is 27.1. The molecule has 0 aliphatic heterocycles. The van der Waals surface area contributed by atoms with Crippen LogP contribution in [0.5, 0.6) is 5.75 Å². The van der Waals surface area contributed by atoms with Crippen LogP contribution in [0.2, 0.25) is 5.02 Å². The van der Waals surface area contributed by atoms with Gasteiger partial charge in [0.15, 0.2) is 6.10 Å². The van der Waals surface area contributed by atoms with E-state index in [1.54, 1.807) is 25.1 Å². The van der Waals surface area contributed by atoms with Gasteiger partial charge in [-0.1, -0.05) is 11.6 Å². The lowest BCUT2D eigenvalue weighted by molar-refractivity contribution is -0.150. The third-order valence-corrected chi connectivity index (χ3v) is 5.86. The van der Waals surface area contributed by atoms with E-state index in [9.17, 15) is 19.5 Å². The van der Waals surface area contributed by atoms with Gasteiger partial charge >= 0.3 is 5.97 Å². The molecule has 0 saturated heterocycles. The van der Waals surface area contributed by atoms with E-state index in [1.807, 2.05) is 6.92 Å². The van der Waals surface area contributed by atoms with Gasteiger partial charge in [-0.25, -0.2) is 0 Å². The summed E-state index contributed by atoms with van der Waals surface area (Å²) in [6, 6.07) is 5.06. The number of aryl methyl sites for hydroxylation is 1. The Labute approximate surface area is 162 Å². The molecule has 0 spiro atoms. The molecule has 146 valence electrons. The van der Waals surface area contributed by atoms with Crippen molar-refractivity contribution < 1.29 is 24.2 Å². The van der Waals surface area contributed by atoms with Gasteiger partial charge in [-0.2, -0.15) is 0 Å². The molecule has 0 heterocycles. The van der Waals surface area contributed by atoms with Crippen molar-refractivity contribution in [3.05, 3.63) is 28.8 Å². The van der Waals surface area contributed by atoms with Crippen molar-refractivity contribution in [2.24, 2.45) is 23.7 Å². The predicted molar refractivity (Wildman–Crippen MR) is 98.0 cm³/mol. The number of benzene rings is 1. The number of fused-ring (bicyclic) bond motifs is 2. The zero-order chi connectivity index (χ0) is 19.7. The number of amides is 2. The first-order chi connectivity index (χ1) is 12.8. The van der Waals surface area contributed by atoms with Crippen LogP contribution < -0.4 is 15.6 Å². The Balaban J connectivity index is 1.55. The minimum atomic E-state index is -0.941. The fraction of sp³-hybridized carbons (Fsp3) is 0.526. The summed E-state index contributed by atoms with van der Waals surface area (Å²) in [6.45, 7) is 3.38. The number of hydrazine groups is 1. The highest BCUT2D eigenvalue weighted by Crippen LogP contribution is 2.52. The predicted octanol–water partition coefficient (Wildman–Crippen LogP) is 2.31. The molecular weight excluding hydrogens is 372 g/mol. The van der Waals surface area contributed by atoms with E-state index in [0.717, 1.165) is 24.8 Å². The zero-order valence-corrected chi connectivity index (χ0v) is 16.0. The molecule has 3 rings (SSSR count). The van der Waals surface area contributed by atoms with E-state index in [1.165, 1.54) is 0 Å². The Morgan fingerprint density at radius 2 is 1.85 bits per heavy atom. The quantitative estimate of drug-likeness (QED) is 0.665. The largest absolute Gasteiger partial charge is 0.481 e. The third kappa shape index (κ3) is 4.03. The number of carbonyl (C=O) groups is 3. The molecule has 1 aromatic carbocycles. The van der Waals surface area contributed by atoms with Gasteiger partial charge < -0.3 is 9.84 Å². The average Bonchev–Trinajstić information content (AvgIpc) is 3.22. The second kappa shape index (κ2) is 7.76. The zero-order valence-electron chi connectivity index (χ0n) is 15.2. The molecule has 2 bridgehead atoms. The van der Waals surface area contributed by atoms with Crippen molar-refractivity contribution in [1.82, 2.24) is 10.9 Å². The van der Waals surface area contributed by atoms with Crippen LogP contribution in [0.4, 0.5) is 0 Å². The molecule has 8 heteroatoms. The minimum Gasteiger partial charge on any atom is -0.481 e. The Morgan fingerprint density at radius 3 is 2.48 bits per heavy atom. The molecule has 2 aliphatic rings. The number of hydrogen-bond acceptors (Lipinski definition) is 4. The first kappa shape index (κ1) is 19.5. The number of nitrogens with one attached hydrogen (secondary N) is 2. The van der Waals surface area contributed by atoms with Crippen LogP contribution in [-0.2, 0) is 14.4 Å². The molecule has 5 atom stereocenters. The number of aliphatic carboxylic acids is 1. The summed E-state index contributed by atoms with van der Waals surface area (Å²) in [5.74, 6) is -2.55. The topological polar surface area (TPSA) is 105 Å². The first-order valence-corrected chi connectivity index (χ1v) is 9.41. The molecule has 2 aliphatic carbocycles. The Kier molecular flexibility index (Phi) is 5.60. The van der Waals surface area contributed by atoms with E-state index < -0.39 is 35.7 Å². The highest BCUT2D eigenvalue weighted by atomic mass is 35.5. The fourth-order valence-electron chi connectivity index (χ4n) is 4.32. The van der Waals surface area contributed by atoms with E-state index in [2.05, 4.69) is 10.9 Å². The van der Waals surface area contributed by atoms with Crippen LogP contribution in [-0.4, -0.2) is 29.0 Å². The molecule has 2 fully saturated rings. The van der Waals surface area contributed by atoms with Crippen LogP contribution in [0.3, 0.4) is 0 Å². The summed E-state index contributed by atoms with van der Waals surface area (Å²) in [5.41, 5.74) is 5.52. The molecule has 2 saturated carbocycles. The number of rotatable bonds is 5. The minimum absolute atomic E-state index is 0.0501. The maximum Gasteiger partial charge on any atom is 0.307 e. The first-order valence-electron chi connectivity index (χ1n) is 9.03. The van der Waals surface area contributed by atoms with Crippen molar-refractivity contribution in [1.29, 1.82) is 0 Å². The van der Waals surface area contributed by atoms with E-state index in [0.29, 0.717) is 10.8 Å². The van der Waals surface area contributed by atoms with Crippen LogP contribution >= 0.6 is 11.6 Å². The molecule has 0 aromatic heterocycles. The summed E-state index contributed by atoms with van der Waals surface area (Å²) >= 11 is 5.90. The van der Waals surface area contributed by atoms with Crippen molar-refractivity contribution >= 4 is 29.4 Å². The standard InChI is InChI=1S/C19H23ClN2O5/c1-9-7-13(20)5-6-14(9)27-10(2)17(23)21-22-18(24)15-11-3-4-12(8-11)16(15)19(25)26/h5-7,10-12,15-16H,3-4,8H2,1-2H3,(H,21,23)(H,22,24)(H,25,26)/t10-,11-,12-,15+,16-/m0/s1. The van der Waals surface area contributed by atoms with E-state index >= 15 is 0 Å². The summed E-state index contributed by atoms with van der Waals surface area (Å²) in [5, 5.41) is 10.0. The molecule has 27 heavy (non-hydrogen) atoms. The second-order valence-corrected chi connectivity index (χ2v) is 7.81. The van der Waals surface area contributed by atoms with Crippen LogP contribution in [0.25, 0.3) is 0 Å². The molecular formula is C19H23ClN2O5. The maximum absolute atomic E-state index is 12.5.